The number of barbiturate groups is 1. The fourth-order valence-electron chi connectivity index (χ4n) is 1.38. The SMILES string of the molecule is Cn1ccc(C=C2C(=O)NC(=O)NC2=O)c1. The van der Waals surface area contributed by atoms with E-state index >= 15 is 0 Å². The van der Waals surface area contributed by atoms with E-state index in [0.717, 1.165) is 5.56 Å². The number of carbonyl (C=O) groups excluding carboxylic acids is 3. The molecule has 0 saturated carbocycles. The lowest BCUT2D eigenvalue weighted by Gasteiger charge is -2.13. The lowest BCUT2D eigenvalue weighted by Crippen LogP contribution is -2.51. The Morgan fingerprint density at radius 1 is 1.19 bits per heavy atom. The van der Waals surface area contributed by atoms with Gasteiger partial charge in [-0.3, -0.25) is 20.2 Å². The number of rotatable bonds is 1. The summed E-state index contributed by atoms with van der Waals surface area (Å²) in [5.41, 5.74) is 0.642. The molecule has 6 heteroatoms. The molecule has 2 rings (SSSR count). The van der Waals surface area contributed by atoms with Crippen LogP contribution in [0.1, 0.15) is 5.56 Å². The van der Waals surface area contributed by atoms with Crippen molar-refractivity contribution < 1.29 is 14.4 Å². The first kappa shape index (κ1) is 10.2. The van der Waals surface area contributed by atoms with Gasteiger partial charge in [0, 0.05) is 19.4 Å². The average Bonchev–Trinajstić information content (AvgIpc) is 2.58. The van der Waals surface area contributed by atoms with Gasteiger partial charge in [-0.2, -0.15) is 0 Å². The first-order chi connectivity index (χ1) is 7.56. The normalized spacial score (nSPS) is 15.8. The number of nitrogens with one attached hydrogen (secondary N) is 2. The van der Waals surface area contributed by atoms with Crippen LogP contribution in [0.2, 0.25) is 0 Å². The lowest BCUT2D eigenvalue weighted by molar-refractivity contribution is -0.123. The topological polar surface area (TPSA) is 80.2 Å². The van der Waals surface area contributed by atoms with Gasteiger partial charge in [-0.05, 0) is 17.7 Å². The van der Waals surface area contributed by atoms with Crippen LogP contribution in [0.25, 0.3) is 6.08 Å². The summed E-state index contributed by atoms with van der Waals surface area (Å²) in [6.45, 7) is 0. The van der Waals surface area contributed by atoms with E-state index in [9.17, 15) is 14.4 Å². The quantitative estimate of drug-likeness (QED) is 0.506. The lowest BCUT2D eigenvalue weighted by atomic mass is 10.1. The number of aryl methyl sites for hydroxylation is 1. The van der Waals surface area contributed by atoms with Crippen LogP contribution in [0.5, 0.6) is 0 Å². The summed E-state index contributed by atoms with van der Waals surface area (Å²) in [6.07, 6.45) is 4.97. The number of imide groups is 2. The third kappa shape index (κ3) is 1.85. The molecule has 0 atom stereocenters. The molecule has 0 radical (unpaired) electrons. The molecule has 82 valence electrons. The highest BCUT2D eigenvalue weighted by molar-refractivity contribution is 6.31. The van der Waals surface area contributed by atoms with Gasteiger partial charge >= 0.3 is 6.03 Å². The molecule has 1 aliphatic heterocycles. The summed E-state index contributed by atoms with van der Waals surface area (Å²) in [7, 11) is 1.83. The Morgan fingerprint density at radius 3 is 2.31 bits per heavy atom. The summed E-state index contributed by atoms with van der Waals surface area (Å²) in [5.74, 6) is -1.37. The zero-order valence-corrected chi connectivity index (χ0v) is 8.48. The third-order valence-electron chi connectivity index (χ3n) is 2.11. The van der Waals surface area contributed by atoms with E-state index in [-0.39, 0.29) is 5.57 Å². The van der Waals surface area contributed by atoms with Gasteiger partial charge in [0.05, 0.1) is 0 Å². The maximum absolute atomic E-state index is 11.4. The maximum atomic E-state index is 11.4. The van der Waals surface area contributed by atoms with Gasteiger partial charge in [0.15, 0.2) is 0 Å². The van der Waals surface area contributed by atoms with Crippen molar-refractivity contribution in [2.75, 3.05) is 0 Å². The van der Waals surface area contributed by atoms with Crippen LogP contribution >= 0.6 is 0 Å². The number of hydrogen-bond acceptors (Lipinski definition) is 3. The molecule has 1 aliphatic rings. The molecule has 4 amide bonds. The van der Waals surface area contributed by atoms with Crippen molar-refractivity contribution in [3.05, 3.63) is 29.6 Å². The predicted molar refractivity (Wildman–Crippen MR) is 55.1 cm³/mol. The van der Waals surface area contributed by atoms with Gasteiger partial charge in [0.2, 0.25) is 0 Å². The van der Waals surface area contributed by atoms with E-state index in [2.05, 4.69) is 0 Å². The summed E-state index contributed by atoms with van der Waals surface area (Å²) in [4.78, 5) is 33.5. The van der Waals surface area contributed by atoms with Crippen LogP contribution in [-0.4, -0.2) is 22.4 Å². The van der Waals surface area contributed by atoms with E-state index < -0.39 is 17.8 Å². The molecule has 0 aliphatic carbocycles. The Kier molecular flexibility index (Phi) is 2.32. The summed E-state index contributed by atoms with van der Waals surface area (Å²) in [5, 5.41) is 4.00. The van der Waals surface area contributed by atoms with Gasteiger partial charge < -0.3 is 4.57 Å². The molecule has 2 N–H and O–H groups in total. The minimum absolute atomic E-state index is 0.0780. The van der Waals surface area contributed by atoms with Gasteiger partial charge in [0.25, 0.3) is 11.8 Å². The predicted octanol–water partition coefficient (Wildman–Crippen LogP) is -0.226. The highest BCUT2D eigenvalue weighted by Gasteiger charge is 2.27. The van der Waals surface area contributed by atoms with E-state index in [0.29, 0.717) is 0 Å². The van der Waals surface area contributed by atoms with Gasteiger partial charge in [0.1, 0.15) is 5.57 Å². The third-order valence-corrected chi connectivity index (χ3v) is 2.11. The molecule has 2 heterocycles. The van der Waals surface area contributed by atoms with Crippen molar-refractivity contribution in [1.29, 1.82) is 0 Å². The summed E-state index contributed by atoms with van der Waals surface area (Å²) < 4.78 is 1.79. The van der Waals surface area contributed by atoms with Crippen LogP contribution in [0.3, 0.4) is 0 Å². The molecular weight excluding hydrogens is 210 g/mol. The Morgan fingerprint density at radius 2 is 1.81 bits per heavy atom. The molecule has 0 unspecified atom stereocenters. The van der Waals surface area contributed by atoms with Gasteiger partial charge in [-0.1, -0.05) is 0 Å². The van der Waals surface area contributed by atoms with Gasteiger partial charge in [-0.15, -0.1) is 0 Å². The molecular formula is C10H9N3O3. The first-order valence-electron chi connectivity index (χ1n) is 4.56. The number of hydrogen-bond donors (Lipinski definition) is 2. The van der Waals surface area contributed by atoms with Gasteiger partial charge in [-0.25, -0.2) is 4.79 Å². The van der Waals surface area contributed by atoms with Crippen molar-refractivity contribution in [1.82, 2.24) is 15.2 Å². The van der Waals surface area contributed by atoms with Crippen molar-refractivity contribution in [2.24, 2.45) is 7.05 Å². The molecule has 16 heavy (non-hydrogen) atoms. The largest absolute Gasteiger partial charge is 0.357 e. The number of carbonyl (C=O) groups is 3. The molecule has 6 nitrogen and oxygen atoms in total. The van der Waals surface area contributed by atoms with Crippen molar-refractivity contribution in [3.63, 3.8) is 0 Å². The summed E-state index contributed by atoms with van der Waals surface area (Å²) >= 11 is 0. The van der Waals surface area contributed by atoms with E-state index in [1.54, 1.807) is 23.0 Å². The van der Waals surface area contributed by atoms with E-state index in [1.807, 2.05) is 17.7 Å². The summed E-state index contributed by atoms with van der Waals surface area (Å²) in [6, 6.07) is 0.962. The highest BCUT2D eigenvalue weighted by atomic mass is 16.2. The molecule has 1 aromatic rings. The average molecular weight is 219 g/mol. The molecule has 0 spiro atoms. The Bertz CT molecular complexity index is 491. The zero-order chi connectivity index (χ0) is 11.7. The van der Waals surface area contributed by atoms with Crippen LogP contribution < -0.4 is 10.6 Å². The molecule has 1 fully saturated rings. The number of aromatic nitrogens is 1. The van der Waals surface area contributed by atoms with Crippen LogP contribution in [0, 0.1) is 0 Å². The van der Waals surface area contributed by atoms with E-state index in [1.165, 1.54) is 6.08 Å². The van der Waals surface area contributed by atoms with Crippen molar-refractivity contribution in [3.8, 4) is 0 Å². The van der Waals surface area contributed by atoms with Crippen molar-refractivity contribution in [2.45, 2.75) is 0 Å². The molecule has 1 aromatic heterocycles. The second-order valence-corrected chi connectivity index (χ2v) is 3.41. The Hall–Kier alpha value is -2.37. The minimum atomic E-state index is -0.791. The fourth-order valence-corrected chi connectivity index (χ4v) is 1.38. The molecule has 0 aromatic carbocycles. The molecule has 1 saturated heterocycles. The molecule has 0 bridgehead atoms. The minimum Gasteiger partial charge on any atom is -0.357 e. The number of urea groups is 1. The second kappa shape index (κ2) is 3.65. The zero-order valence-electron chi connectivity index (χ0n) is 8.48. The van der Waals surface area contributed by atoms with E-state index in [4.69, 9.17) is 0 Å². The Labute approximate surface area is 90.9 Å². The number of amides is 4. The van der Waals surface area contributed by atoms with Crippen LogP contribution in [0.15, 0.2) is 24.0 Å². The van der Waals surface area contributed by atoms with Crippen LogP contribution in [-0.2, 0) is 16.6 Å². The smallest absolute Gasteiger partial charge is 0.328 e. The fraction of sp³-hybridized carbons (Fsp3) is 0.100. The Balaban J connectivity index is 2.32. The first-order valence-corrected chi connectivity index (χ1v) is 4.56. The second-order valence-electron chi connectivity index (χ2n) is 3.41. The maximum Gasteiger partial charge on any atom is 0.328 e. The van der Waals surface area contributed by atoms with Crippen LogP contribution in [0.4, 0.5) is 4.79 Å². The monoisotopic (exact) mass is 219 g/mol. The number of nitrogens with zero attached hydrogens (tertiary/aromatic N) is 1. The highest BCUT2D eigenvalue weighted by Crippen LogP contribution is 2.09. The van der Waals surface area contributed by atoms with Crippen molar-refractivity contribution >= 4 is 23.9 Å². The standard InChI is InChI=1S/C10H9N3O3/c1-13-3-2-6(5-13)4-7-8(14)11-10(16)12-9(7)15/h2-5H,1H3,(H2,11,12,14,15,16).